The number of rotatable bonds is 8. The van der Waals surface area contributed by atoms with Gasteiger partial charge in [-0.2, -0.15) is 0 Å². The third kappa shape index (κ3) is 5.78. The number of nitrogens with zero attached hydrogens (tertiary/aromatic N) is 4. The monoisotopic (exact) mass is 508 g/mol. The van der Waals surface area contributed by atoms with Crippen molar-refractivity contribution in [2.24, 2.45) is 0 Å². The Morgan fingerprint density at radius 3 is 2.49 bits per heavy atom. The fraction of sp³-hybridized carbons (Fsp3) is 0.429. The molecule has 1 unspecified atom stereocenters. The van der Waals surface area contributed by atoms with E-state index in [1.54, 1.807) is 43.5 Å². The number of ether oxygens (including phenoxy) is 2. The summed E-state index contributed by atoms with van der Waals surface area (Å²) in [5.41, 5.74) is 2.75. The van der Waals surface area contributed by atoms with Crippen LogP contribution in [0.25, 0.3) is 11.3 Å². The summed E-state index contributed by atoms with van der Waals surface area (Å²) in [4.78, 5) is 20.1. The van der Waals surface area contributed by atoms with Crippen molar-refractivity contribution in [1.82, 2.24) is 15.0 Å². The number of anilines is 1. The zero-order valence-electron chi connectivity index (χ0n) is 21.4. The Labute approximate surface area is 216 Å². The number of amides is 1. The molecule has 3 heterocycles. The number of halogens is 1. The molecule has 0 radical (unpaired) electrons. The van der Waals surface area contributed by atoms with E-state index in [1.807, 2.05) is 4.90 Å². The first-order valence-corrected chi connectivity index (χ1v) is 12.7. The van der Waals surface area contributed by atoms with Crippen molar-refractivity contribution in [2.75, 3.05) is 58.4 Å². The highest BCUT2D eigenvalue weighted by molar-refractivity contribution is 5.94. The van der Waals surface area contributed by atoms with Gasteiger partial charge in [-0.15, -0.1) is 0 Å². The summed E-state index contributed by atoms with van der Waals surface area (Å²) >= 11 is 0. The fourth-order valence-corrected chi connectivity index (χ4v) is 4.90. The van der Waals surface area contributed by atoms with Crippen molar-refractivity contribution in [3.05, 3.63) is 65.5 Å². The number of methoxy groups -OCH3 is 1. The number of benzene rings is 2. The molecule has 0 bridgehead atoms. The standard InChI is InChI=1S/C28H33FN4O4/c1-31-13-15-32(16-14-31)28-25(26(30-37-28)20-5-9-22(29)10-6-20)19-33(18-24-4-3-17-36-24)27(34)21-7-11-23(35-2)12-8-21/h5-12,24H,3-4,13-19H2,1-2H3. The van der Waals surface area contributed by atoms with E-state index < -0.39 is 0 Å². The number of hydrogen-bond acceptors (Lipinski definition) is 7. The molecule has 1 aromatic heterocycles. The molecule has 2 aliphatic heterocycles. The topological polar surface area (TPSA) is 71.3 Å². The van der Waals surface area contributed by atoms with Crippen molar-refractivity contribution in [2.45, 2.75) is 25.5 Å². The molecule has 3 aromatic rings. The second kappa shape index (κ2) is 11.3. The van der Waals surface area contributed by atoms with Crippen molar-refractivity contribution >= 4 is 11.8 Å². The van der Waals surface area contributed by atoms with Crippen LogP contribution < -0.4 is 9.64 Å². The molecular weight excluding hydrogens is 475 g/mol. The van der Waals surface area contributed by atoms with Crippen molar-refractivity contribution in [3.63, 3.8) is 0 Å². The third-order valence-electron chi connectivity index (χ3n) is 7.10. The van der Waals surface area contributed by atoms with Gasteiger partial charge in [-0.3, -0.25) is 4.79 Å². The molecule has 1 amide bonds. The van der Waals surface area contributed by atoms with Crippen LogP contribution >= 0.6 is 0 Å². The lowest BCUT2D eigenvalue weighted by Crippen LogP contribution is -2.45. The van der Waals surface area contributed by atoms with Crippen molar-refractivity contribution < 1.29 is 23.2 Å². The fourth-order valence-electron chi connectivity index (χ4n) is 4.90. The molecule has 0 spiro atoms. The van der Waals surface area contributed by atoms with Crippen molar-refractivity contribution in [3.8, 4) is 17.0 Å². The predicted octanol–water partition coefficient (Wildman–Crippen LogP) is 4.06. The molecule has 1 atom stereocenters. The van der Waals surface area contributed by atoms with Crippen LogP contribution in [0.4, 0.5) is 10.3 Å². The van der Waals surface area contributed by atoms with E-state index >= 15 is 0 Å². The highest BCUT2D eigenvalue weighted by Crippen LogP contribution is 2.34. The minimum Gasteiger partial charge on any atom is -0.497 e. The highest BCUT2D eigenvalue weighted by atomic mass is 19.1. The molecule has 0 saturated carbocycles. The maximum absolute atomic E-state index is 13.8. The van der Waals surface area contributed by atoms with Crippen LogP contribution in [0.2, 0.25) is 0 Å². The average molecular weight is 509 g/mol. The number of carbonyl (C=O) groups is 1. The van der Waals surface area contributed by atoms with Crippen LogP contribution in [0.15, 0.2) is 53.1 Å². The van der Waals surface area contributed by atoms with E-state index in [4.69, 9.17) is 14.0 Å². The van der Waals surface area contributed by atoms with Crippen LogP contribution in [-0.4, -0.2) is 80.5 Å². The van der Waals surface area contributed by atoms with Crippen LogP contribution in [0.3, 0.4) is 0 Å². The summed E-state index contributed by atoms with van der Waals surface area (Å²) in [5.74, 6) is 0.932. The van der Waals surface area contributed by atoms with Gasteiger partial charge in [-0.1, -0.05) is 5.16 Å². The lowest BCUT2D eigenvalue weighted by atomic mass is 10.1. The average Bonchev–Trinajstić information content (AvgIpc) is 3.59. The SMILES string of the molecule is COc1ccc(C(=O)N(Cc2c(-c3ccc(F)cc3)noc2N2CCN(C)CC2)CC2CCCO2)cc1. The van der Waals surface area contributed by atoms with Crippen LogP contribution in [-0.2, 0) is 11.3 Å². The summed E-state index contributed by atoms with van der Waals surface area (Å²) in [7, 11) is 3.70. The van der Waals surface area contributed by atoms with Gasteiger partial charge in [0.1, 0.15) is 17.3 Å². The van der Waals surface area contributed by atoms with Gasteiger partial charge >= 0.3 is 0 Å². The maximum Gasteiger partial charge on any atom is 0.254 e. The summed E-state index contributed by atoms with van der Waals surface area (Å²) in [6.07, 6.45) is 1.87. The Hall–Kier alpha value is -3.43. The summed E-state index contributed by atoms with van der Waals surface area (Å²) in [6.45, 7) is 4.84. The maximum atomic E-state index is 13.8. The molecule has 2 fully saturated rings. The molecule has 0 aliphatic carbocycles. The molecule has 9 heteroatoms. The van der Waals surface area contributed by atoms with Gasteiger partial charge in [0.25, 0.3) is 5.91 Å². The Bertz CT molecular complexity index is 1180. The molecule has 5 rings (SSSR count). The molecule has 196 valence electrons. The van der Waals surface area contributed by atoms with Gasteiger partial charge < -0.3 is 28.7 Å². The lowest BCUT2D eigenvalue weighted by molar-refractivity contribution is 0.0507. The minimum atomic E-state index is -0.317. The van der Waals surface area contributed by atoms with Crippen LogP contribution in [0, 0.1) is 5.82 Å². The largest absolute Gasteiger partial charge is 0.497 e. The number of piperazine rings is 1. The summed E-state index contributed by atoms with van der Waals surface area (Å²) in [6, 6.07) is 13.3. The van der Waals surface area contributed by atoms with E-state index in [1.165, 1.54) is 12.1 Å². The molecular formula is C28H33FN4O4. The first kappa shape index (κ1) is 25.2. The predicted molar refractivity (Wildman–Crippen MR) is 138 cm³/mol. The molecule has 2 saturated heterocycles. The Morgan fingerprint density at radius 1 is 1.11 bits per heavy atom. The van der Waals surface area contributed by atoms with Gasteiger partial charge in [0, 0.05) is 50.5 Å². The van der Waals surface area contributed by atoms with Gasteiger partial charge in [-0.05, 0) is 68.4 Å². The minimum absolute atomic E-state index is 0.0246. The van der Waals surface area contributed by atoms with E-state index in [9.17, 15) is 9.18 Å². The number of hydrogen-bond donors (Lipinski definition) is 0. The number of carbonyl (C=O) groups excluding carboxylic acids is 1. The number of aromatic nitrogens is 1. The van der Waals surface area contributed by atoms with Gasteiger partial charge in [0.15, 0.2) is 0 Å². The van der Waals surface area contributed by atoms with Crippen molar-refractivity contribution in [1.29, 1.82) is 0 Å². The Kier molecular flexibility index (Phi) is 7.71. The van der Waals surface area contributed by atoms with Crippen LogP contribution in [0.5, 0.6) is 5.75 Å². The number of likely N-dealkylation sites (N-methyl/N-ethyl adjacent to an activating group) is 1. The normalized spacial score (nSPS) is 18.2. The van der Waals surface area contributed by atoms with E-state index in [0.29, 0.717) is 42.6 Å². The summed E-state index contributed by atoms with van der Waals surface area (Å²) in [5, 5.41) is 4.41. The Morgan fingerprint density at radius 2 is 1.84 bits per heavy atom. The Balaban J connectivity index is 1.50. The first-order chi connectivity index (χ1) is 18.0. The second-order valence-electron chi connectivity index (χ2n) is 9.66. The third-order valence-corrected chi connectivity index (χ3v) is 7.10. The van der Waals surface area contributed by atoms with E-state index in [2.05, 4.69) is 22.0 Å². The quantitative estimate of drug-likeness (QED) is 0.454. The molecule has 2 aromatic carbocycles. The first-order valence-electron chi connectivity index (χ1n) is 12.7. The second-order valence-corrected chi connectivity index (χ2v) is 9.66. The molecule has 0 N–H and O–H groups in total. The molecule has 37 heavy (non-hydrogen) atoms. The molecule has 8 nitrogen and oxygen atoms in total. The zero-order chi connectivity index (χ0) is 25.8. The van der Waals surface area contributed by atoms with E-state index in [0.717, 1.165) is 50.1 Å². The smallest absolute Gasteiger partial charge is 0.254 e. The summed E-state index contributed by atoms with van der Waals surface area (Å²) < 4.78 is 30.8. The molecule has 2 aliphatic rings. The van der Waals surface area contributed by atoms with Gasteiger partial charge in [0.2, 0.25) is 5.88 Å². The zero-order valence-corrected chi connectivity index (χ0v) is 21.4. The van der Waals surface area contributed by atoms with Crippen LogP contribution in [0.1, 0.15) is 28.8 Å². The van der Waals surface area contributed by atoms with Gasteiger partial charge in [0.05, 0.1) is 25.3 Å². The highest BCUT2D eigenvalue weighted by Gasteiger charge is 2.30. The van der Waals surface area contributed by atoms with E-state index in [-0.39, 0.29) is 17.8 Å². The lowest BCUT2D eigenvalue weighted by Gasteiger charge is -2.33. The van der Waals surface area contributed by atoms with Gasteiger partial charge in [-0.25, -0.2) is 4.39 Å².